The lowest BCUT2D eigenvalue weighted by molar-refractivity contribution is -0.136. The summed E-state index contributed by atoms with van der Waals surface area (Å²) in [6, 6.07) is 32.4. The smallest absolute Gasteiger partial charge is 0.281 e. The van der Waals surface area contributed by atoms with E-state index in [0.29, 0.717) is 28.5 Å². The van der Waals surface area contributed by atoms with Crippen molar-refractivity contribution >= 4 is 23.7 Å². The second-order valence-electron chi connectivity index (χ2n) is 7.63. The molecule has 0 aromatic heterocycles. The Bertz CT molecular complexity index is 1200. The summed E-state index contributed by atoms with van der Waals surface area (Å²) in [5, 5.41) is 16.2. The number of hydrogen-bond donors (Lipinski definition) is 2. The lowest BCUT2D eigenvalue weighted by Gasteiger charge is -2.27. The summed E-state index contributed by atoms with van der Waals surface area (Å²) < 4.78 is 5.78. The van der Waals surface area contributed by atoms with Gasteiger partial charge in [0, 0.05) is 5.02 Å². The zero-order chi connectivity index (χ0) is 23.8. The summed E-state index contributed by atoms with van der Waals surface area (Å²) in [5.41, 5.74) is 3.29. The molecule has 170 valence electrons. The maximum Gasteiger partial charge on any atom is 0.281 e. The van der Waals surface area contributed by atoms with Crippen molar-refractivity contribution in [2.24, 2.45) is 5.10 Å². The molecule has 0 bridgehead atoms. The fourth-order valence-corrected chi connectivity index (χ4v) is 3.56. The molecule has 0 aliphatic rings. The molecule has 2 N–H and O–H groups in total. The molecule has 0 aliphatic heterocycles. The van der Waals surface area contributed by atoms with Crippen LogP contribution in [0.15, 0.2) is 114 Å². The average Bonchev–Trinajstić information content (AvgIpc) is 2.89. The van der Waals surface area contributed by atoms with Crippen molar-refractivity contribution in [3.8, 4) is 5.75 Å². The van der Waals surface area contributed by atoms with Gasteiger partial charge in [0.2, 0.25) is 0 Å². The van der Waals surface area contributed by atoms with Gasteiger partial charge in [-0.25, -0.2) is 5.43 Å². The summed E-state index contributed by atoms with van der Waals surface area (Å²) in [5.74, 6) is 0.0581. The molecule has 0 spiro atoms. The van der Waals surface area contributed by atoms with Gasteiger partial charge in [-0.3, -0.25) is 4.79 Å². The highest BCUT2D eigenvalue weighted by atomic mass is 35.5. The van der Waals surface area contributed by atoms with Crippen molar-refractivity contribution in [3.63, 3.8) is 0 Å². The van der Waals surface area contributed by atoms with E-state index in [4.69, 9.17) is 16.3 Å². The molecule has 0 heterocycles. The standard InChI is InChI=1S/C28H23ClN2O3/c29-25-15-11-22(12-16-25)20-34-26-17-13-21(14-18-26)19-30-31-27(32)28(33,23-7-3-1-4-8-23)24-9-5-2-6-10-24/h1-19,33H,20H2,(H,31,32)/b30-19+. The van der Waals surface area contributed by atoms with Gasteiger partial charge in [-0.05, 0) is 58.7 Å². The summed E-state index contributed by atoms with van der Waals surface area (Å²) >= 11 is 5.90. The lowest BCUT2D eigenvalue weighted by Crippen LogP contribution is -2.43. The monoisotopic (exact) mass is 470 g/mol. The van der Waals surface area contributed by atoms with Gasteiger partial charge in [-0.15, -0.1) is 0 Å². The normalized spacial score (nSPS) is 11.4. The fourth-order valence-electron chi connectivity index (χ4n) is 3.43. The first-order valence-electron chi connectivity index (χ1n) is 10.7. The van der Waals surface area contributed by atoms with Crippen molar-refractivity contribution in [2.75, 3.05) is 0 Å². The van der Waals surface area contributed by atoms with E-state index in [1.54, 1.807) is 48.5 Å². The maximum absolute atomic E-state index is 13.0. The predicted molar refractivity (Wildman–Crippen MR) is 134 cm³/mol. The Morgan fingerprint density at radius 3 is 1.97 bits per heavy atom. The van der Waals surface area contributed by atoms with E-state index in [2.05, 4.69) is 10.5 Å². The number of amides is 1. The number of carbonyl (C=O) groups excluding carboxylic acids is 1. The second-order valence-corrected chi connectivity index (χ2v) is 8.06. The van der Waals surface area contributed by atoms with Gasteiger partial charge in [0.25, 0.3) is 5.91 Å². The number of halogens is 1. The maximum atomic E-state index is 13.0. The number of hydrazone groups is 1. The van der Waals surface area contributed by atoms with Gasteiger partial charge in [0.15, 0.2) is 5.60 Å². The average molecular weight is 471 g/mol. The van der Waals surface area contributed by atoms with Crippen LogP contribution in [0.2, 0.25) is 5.02 Å². The van der Waals surface area contributed by atoms with Crippen molar-refractivity contribution in [3.05, 3.63) is 136 Å². The molecular formula is C28H23ClN2O3. The fraction of sp³-hybridized carbons (Fsp3) is 0.0714. The highest BCUT2D eigenvalue weighted by molar-refractivity contribution is 6.30. The summed E-state index contributed by atoms with van der Waals surface area (Å²) in [7, 11) is 0. The van der Waals surface area contributed by atoms with Gasteiger partial charge in [0.05, 0.1) is 6.21 Å². The first-order chi connectivity index (χ1) is 16.6. The van der Waals surface area contributed by atoms with Gasteiger partial charge in [-0.1, -0.05) is 84.4 Å². The van der Waals surface area contributed by atoms with E-state index >= 15 is 0 Å². The minimum atomic E-state index is -1.88. The van der Waals surface area contributed by atoms with E-state index in [1.807, 2.05) is 60.7 Å². The molecule has 0 radical (unpaired) electrons. The number of rotatable bonds is 8. The van der Waals surface area contributed by atoms with Crippen molar-refractivity contribution in [1.29, 1.82) is 0 Å². The molecule has 4 aromatic rings. The van der Waals surface area contributed by atoms with Crippen LogP contribution >= 0.6 is 11.6 Å². The van der Waals surface area contributed by atoms with Crippen LogP contribution in [0.4, 0.5) is 0 Å². The molecule has 6 heteroatoms. The number of nitrogens with one attached hydrogen (secondary N) is 1. The van der Waals surface area contributed by atoms with Crippen molar-refractivity contribution < 1.29 is 14.6 Å². The van der Waals surface area contributed by atoms with Gasteiger partial charge >= 0.3 is 0 Å². The molecule has 0 fully saturated rings. The molecule has 1 amide bonds. The van der Waals surface area contributed by atoms with Crippen molar-refractivity contribution in [1.82, 2.24) is 5.43 Å². The molecule has 4 rings (SSSR count). The summed E-state index contributed by atoms with van der Waals surface area (Å²) in [6.07, 6.45) is 1.51. The SMILES string of the molecule is O=C(N/N=C/c1ccc(OCc2ccc(Cl)cc2)cc1)C(O)(c1ccccc1)c1ccccc1. The van der Waals surface area contributed by atoms with Crippen LogP contribution in [0.25, 0.3) is 0 Å². The lowest BCUT2D eigenvalue weighted by atomic mass is 9.85. The zero-order valence-corrected chi connectivity index (χ0v) is 19.0. The zero-order valence-electron chi connectivity index (χ0n) is 18.3. The van der Waals surface area contributed by atoms with E-state index < -0.39 is 11.5 Å². The number of benzene rings is 4. The van der Waals surface area contributed by atoms with E-state index in [1.165, 1.54) is 6.21 Å². The van der Waals surface area contributed by atoms with Crippen molar-refractivity contribution in [2.45, 2.75) is 12.2 Å². The third-order valence-corrected chi connectivity index (χ3v) is 5.54. The number of ether oxygens (including phenoxy) is 1. The molecule has 34 heavy (non-hydrogen) atoms. The molecule has 0 saturated heterocycles. The summed E-state index contributed by atoms with van der Waals surface area (Å²) in [4.78, 5) is 13.0. The van der Waals surface area contributed by atoms with E-state index in [0.717, 1.165) is 11.1 Å². The largest absolute Gasteiger partial charge is 0.489 e. The number of nitrogens with zero attached hydrogens (tertiary/aromatic N) is 1. The Morgan fingerprint density at radius 2 is 1.41 bits per heavy atom. The highest BCUT2D eigenvalue weighted by Crippen LogP contribution is 2.29. The van der Waals surface area contributed by atoms with E-state index in [9.17, 15) is 9.90 Å². The Labute approximate surface area is 203 Å². The first-order valence-corrected chi connectivity index (χ1v) is 11.1. The Kier molecular flexibility index (Phi) is 7.38. The molecular weight excluding hydrogens is 448 g/mol. The van der Waals surface area contributed by atoms with E-state index in [-0.39, 0.29) is 0 Å². The quantitative estimate of drug-likeness (QED) is 0.271. The van der Waals surface area contributed by atoms with Crippen LogP contribution in [0.3, 0.4) is 0 Å². The predicted octanol–water partition coefficient (Wildman–Crippen LogP) is 5.31. The minimum absolute atomic E-state index is 0.429. The summed E-state index contributed by atoms with van der Waals surface area (Å²) in [6.45, 7) is 0.429. The van der Waals surface area contributed by atoms with Gasteiger partial charge in [-0.2, -0.15) is 5.10 Å². The van der Waals surface area contributed by atoms with Gasteiger partial charge in [0.1, 0.15) is 12.4 Å². The van der Waals surface area contributed by atoms with Crippen LogP contribution in [0.1, 0.15) is 22.3 Å². The van der Waals surface area contributed by atoms with Crippen LogP contribution in [-0.2, 0) is 17.0 Å². The molecule has 0 aliphatic carbocycles. The van der Waals surface area contributed by atoms with Crippen LogP contribution < -0.4 is 10.2 Å². The van der Waals surface area contributed by atoms with Crippen LogP contribution in [0.5, 0.6) is 5.75 Å². The number of carbonyl (C=O) groups is 1. The first kappa shape index (κ1) is 23.2. The minimum Gasteiger partial charge on any atom is -0.489 e. The molecule has 0 unspecified atom stereocenters. The Balaban J connectivity index is 1.41. The highest BCUT2D eigenvalue weighted by Gasteiger charge is 2.39. The van der Waals surface area contributed by atoms with Crippen LogP contribution in [-0.4, -0.2) is 17.2 Å². The molecule has 0 atom stereocenters. The van der Waals surface area contributed by atoms with Crippen LogP contribution in [0, 0.1) is 0 Å². The molecule has 4 aromatic carbocycles. The number of aliphatic hydroxyl groups is 1. The topological polar surface area (TPSA) is 70.9 Å². The van der Waals surface area contributed by atoms with Gasteiger partial charge < -0.3 is 9.84 Å². The third kappa shape index (κ3) is 5.52. The second kappa shape index (κ2) is 10.8. The molecule has 5 nitrogen and oxygen atoms in total. The Hall–Kier alpha value is -3.93. The molecule has 0 saturated carbocycles. The Morgan fingerprint density at radius 1 is 0.853 bits per heavy atom. The third-order valence-electron chi connectivity index (χ3n) is 5.29. The number of hydrogen-bond acceptors (Lipinski definition) is 4.